The van der Waals surface area contributed by atoms with E-state index in [9.17, 15) is 4.79 Å². The van der Waals surface area contributed by atoms with Crippen LogP contribution in [0.25, 0.3) is 0 Å². The van der Waals surface area contributed by atoms with Gasteiger partial charge in [-0.3, -0.25) is 4.79 Å². The standard InChI is InChI=1S/C14H17N3O2S2/c1-10(2)17-12(8-20-11-6-4-3-5-7-11)15-16-14(17)21-9-13(18)19/h3-7,10H,8-9H2,1-2H3,(H,18,19). The minimum Gasteiger partial charge on any atom is -0.481 e. The second kappa shape index (κ2) is 7.51. The Morgan fingerprint density at radius 2 is 1.95 bits per heavy atom. The van der Waals surface area contributed by atoms with Crippen molar-refractivity contribution in [1.82, 2.24) is 14.8 Å². The fourth-order valence-electron chi connectivity index (χ4n) is 1.81. The first-order valence-corrected chi connectivity index (χ1v) is 8.51. The summed E-state index contributed by atoms with van der Waals surface area (Å²) < 4.78 is 2.00. The number of benzene rings is 1. The second-order valence-electron chi connectivity index (χ2n) is 4.65. The first kappa shape index (κ1) is 15.9. The van der Waals surface area contributed by atoms with E-state index in [1.807, 2.05) is 36.6 Å². The van der Waals surface area contributed by atoms with Crippen LogP contribution < -0.4 is 0 Å². The van der Waals surface area contributed by atoms with Crippen molar-refractivity contribution in [2.24, 2.45) is 0 Å². The van der Waals surface area contributed by atoms with Gasteiger partial charge < -0.3 is 9.67 Å². The molecule has 0 radical (unpaired) electrons. The van der Waals surface area contributed by atoms with Crippen molar-refractivity contribution >= 4 is 29.5 Å². The van der Waals surface area contributed by atoms with Crippen molar-refractivity contribution in [2.75, 3.05) is 5.75 Å². The molecular weight excluding hydrogens is 306 g/mol. The van der Waals surface area contributed by atoms with E-state index >= 15 is 0 Å². The van der Waals surface area contributed by atoms with E-state index in [1.54, 1.807) is 11.8 Å². The molecule has 0 amide bonds. The van der Waals surface area contributed by atoms with Gasteiger partial charge >= 0.3 is 5.97 Å². The number of carboxylic acid groups (broad SMARTS) is 1. The molecule has 0 atom stereocenters. The number of carboxylic acids is 1. The summed E-state index contributed by atoms with van der Waals surface area (Å²) in [5.41, 5.74) is 0. The minimum absolute atomic E-state index is 0.00329. The zero-order valence-corrected chi connectivity index (χ0v) is 13.5. The van der Waals surface area contributed by atoms with Crippen LogP contribution in [0.1, 0.15) is 25.7 Å². The fraction of sp³-hybridized carbons (Fsp3) is 0.357. The number of aromatic nitrogens is 3. The molecule has 5 nitrogen and oxygen atoms in total. The molecule has 1 aromatic carbocycles. The molecule has 1 heterocycles. The summed E-state index contributed by atoms with van der Waals surface area (Å²) in [7, 11) is 0. The zero-order chi connectivity index (χ0) is 15.2. The average molecular weight is 323 g/mol. The molecule has 21 heavy (non-hydrogen) atoms. The van der Waals surface area contributed by atoms with E-state index in [2.05, 4.69) is 22.3 Å². The fourth-order valence-corrected chi connectivity index (χ4v) is 3.46. The van der Waals surface area contributed by atoms with Gasteiger partial charge in [-0.25, -0.2) is 0 Å². The molecule has 0 fully saturated rings. The van der Waals surface area contributed by atoms with Crippen LogP contribution in [0, 0.1) is 0 Å². The summed E-state index contributed by atoms with van der Waals surface area (Å²) in [5.74, 6) is 0.727. The molecule has 7 heteroatoms. The van der Waals surface area contributed by atoms with Crippen molar-refractivity contribution in [3.05, 3.63) is 36.2 Å². The molecule has 2 aromatic rings. The Morgan fingerprint density at radius 1 is 1.24 bits per heavy atom. The molecule has 0 aliphatic rings. The number of hydrogen-bond acceptors (Lipinski definition) is 5. The van der Waals surface area contributed by atoms with Crippen molar-refractivity contribution in [3.8, 4) is 0 Å². The van der Waals surface area contributed by atoms with E-state index in [-0.39, 0.29) is 11.8 Å². The highest BCUT2D eigenvalue weighted by Crippen LogP contribution is 2.26. The highest BCUT2D eigenvalue weighted by Gasteiger charge is 2.16. The number of thioether (sulfide) groups is 2. The van der Waals surface area contributed by atoms with Crippen LogP contribution in [0.3, 0.4) is 0 Å². The molecule has 0 saturated heterocycles. The van der Waals surface area contributed by atoms with Crippen molar-refractivity contribution < 1.29 is 9.90 Å². The van der Waals surface area contributed by atoms with Crippen molar-refractivity contribution in [3.63, 3.8) is 0 Å². The van der Waals surface area contributed by atoms with Gasteiger partial charge in [-0.2, -0.15) is 0 Å². The third-order valence-electron chi connectivity index (χ3n) is 2.69. The quantitative estimate of drug-likeness (QED) is 0.788. The van der Waals surface area contributed by atoms with E-state index in [1.165, 1.54) is 16.7 Å². The molecule has 1 aromatic heterocycles. The summed E-state index contributed by atoms with van der Waals surface area (Å²) in [5, 5.41) is 17.8. The number of hydrogen-bond donors (Lipinski definition) is 1. The average Bonchev–Trinajstić information content (AvgIpc) is 2.87. The van der Waals surface area contributed by atoms with Crippen LogP contribution >= 0.6 is 23.5 Å². The topological polar surface area (TPSA) is 68.0 Å². The molecule has 0 aliphatic heterocycles. The Labute approximate surface area is 132 Å². The van der Waals surface area contributed by atoms with Crippen LogP contribution in [0.15, 0.2) is 40.4 Å². The smallest absolute Gasteiger partial charge is 0.313 e. The third kappa shape index (κ3) is 4.50. The molecule has 0 saturated carbocycles. The van der Waals surface area contributed by atoms with Crippen molar-refractivity contribution in [2.45, 2.75) is 35.7 Å². The maximum absolute atomic E-state index is 10.7. The Bertz CT molecular complexity index is 600. The maximum atomic E-state index is 10.7. The molecule has 0 spiro atoms. The first-order valence-electron chi connectivity index (χ1n) is 6.54. The molecule has 0 bridgehead atoms. The van der Waals surface area contributed by atoms with Gasteiger partial charge in [0, 0.05) is 10.9 Å². The lowest BCUT2D eigenvalue weighted by Gasteiger charge is -2.13. The van der Waals surface area contributed by atoms with Gasteiger partial charge in [0.2, 0.25) is 0 Å². The number of nitrogens with zero attached hydrogens (tertiary/aromatic N) is 3. The zero-order valence-electron chi connectivity index (χ0n) is 11.9. The number of aliphatic carboxylic acids is 1. The Balaban J connectivity index is 2.10. The van der Waals surface area contributed by atoms with Crippen LogP contribution in [-0.4, -0.2) is 31.6 Å². The summed E-state index contributed by atoms with van der Waals surface area (Å²) >= 11 is 2.90. The summed E-state index contributed by atoms with van der Waals surface area (Å²) in [6.07, 6.45) is 0. The van der Waals surface area contributed by atoms with E-state index < -0.39 is 5.97 Å². The predicted octanol–water partition coefficient (Wildman–Crippen LogP) is 3.33. The van der Waals surface area contributed by atoms with Gasteiger partial charge in [0.15, 0.2) is 5.16 Å². The minimum atomic E-state index is -0.849. The largest absolute Gasteiger partial charge is 0.481 e. The molecule has 112 valence electrons. The second-order valence-corrected chi connectivity index (χ2v) is 6.64. The molecule has 1 N–H and O–H groups in total. The number of rotatable bonds is 7. The molecular formula is C14H17N3O2S2. The number of carbonyl (C=O) groups is 1. The lowest BCUT2D eigenvalue weighted by atomic mass is 10.4. The Hall–Kier alpha value is -1.47. The lowest BCUT2D eigenvalue weighted by molar-refractivity contribution is -0.133. The summed E-state index contributed by atoms with van der Waals surface area (Å²) in [6.45, 7) is 4.09. The van der Waals surface area contributed by atoms with Gasteiger partial charge in [0.25, 0.3) is 0 Å². The molecule has 0 aliphatic carbocycles. The van der Waals surface area contributed by atoms with E-state index in [4.69, 9.17) is 5.11 Å². The van der Waals surface area contributed by atoms with Gasteiger partial charge in [-0.1, -0.05) is 30.0 Å². The normalized spacial score (nSPS) is 11.0. The monoisotopic (exact) mass is 323 g/mol. The lowest BCUT2D eigenvalue weighted by Crippen LogP contribution is -2.08. The predicted molar refractivity (Wildman–Crippen MR) is 84.8 cm³/mol. The molecule has 0 unspecified atom stereocenters. The highest BCUT2D eigenvalue weighted by molar-refractivity contribution is 7.99. The first-order chi connectivity index (χ1) is 10.1. The highest BCUT2D eigenvalue weighted by atomic mass is 32.2. The maximum Gasteiger partial charge on any atom is 0.313 e. The van der Waals surface area contributed by atoms with E-state index in [0.29, 0.717) is 10.9 Å². The Kier molecular flexibility index (Phi) is 5.69. The van der Waals surface area contributed by atoms with Crippen LogP contribution in [0.2, 0.25) is 0 Å². The van der Waals surface area contributed by atoms with Crippen molar-refractivity contribution in [1.29, 1.82) is 0 Å². The van der Waals surface area contributed by atoms with Crippen LogP contribution in [0.4, 0.5) is 0 Å². The van der Waals surface area contributed by atoms with E-state index in [0.717, 1.165) is 5.82 Å². The third-order valence-corrected chi connectivity index (χ3v) is 4.62. The Morgan fingerprint density at radius 3 is 2.57 bits per heavy atom. The summed E-state index contributed by atoms with van der Waals surface area (Å²) in [4.78, 5) is 11.9. The van der Waals surface area contributed by atoms with Gasteiger partial charge in [-0.15, -0.1) is 22.0 Å². The summed E-state index contributed by atoms with van der Waals surface area (Å²) in [6, 6.07) is 10.3. The SMILES string of the molecule is CC(C)n1c(CSc2ccccc2)nnc1SCC(=O)O. The van der Waals surface area contributed by atoms with Gasteiger partial charge in [-0.05, 0) is 26.0 Å². The van der Waals surface area contributed by atoms with Gasteiger partial charge in [0.05, 0.1) is 11.5 Å². The van der Waals surface area contributed by atoms with Gasteiger partial charge in [0.1, 0.15) is 5.82 Å². The van der Waals surface area contributed by atoms with Crippen LogP contribution in [-0.2, 0) is 10.5 Å². The van der Waals surface area contributed by atoms with Crippen LogP contribution in [0.5, 0.6) is 0 Å². The molecule has 2 rings (SSSR count).